The average Bonchev–Trinajstić information content (AvgIpc) is 2.72. The molecule has 1 aromatic heterocycles. The molecular formula is C14H21N3O2S. The number of nitrogens with zero attached hydrogens (tertiary/aromatic N) is 1. The van der Waals surface area contributed by atoms with Crippen LogP contribution in [0.5, 0.6) is 0 Å². The van der Waals surface area contributed by atoms with Gasteiger partial charge in [0.25, 0.3) is 0 Å². The fourth-order valence-electron chi connectivity index (χ4n) is 2.60. The van der Waals surface area contributed by atoms with E-state index in [1.807, 2.05) is 44.0 Å². The third-order valence-electron chi connectivity index (χ3n) is 3.84. The van der Waals surface area contributed by atoms with E-state index in [0.29, 0.717) is 0 Å². The maximum atomic E-state index is 12.1. The molecule has 1 aromatic rings. The molecule has 110 valence electrons. The standard InChI is InChI=1S/C14H21N3O2S/c1-8-5-6-20-12(8)11(9(2)15)17-7-10(18)16-13(19)14(17,3)4/h5-6,9,11H,7,15H2,1-4H3,(H,16,18,19). The number of aryl methyl sites for hydroxylation is 1. The number of hydrogen-bond donors (Lipinski definition) is 2. The predicted molar refractivity (Wildman–Crippen MR) is 79.4 cm³/mol. The van der Waals surface area contributed by atoms with Crippen molar-refractivity contribution in [2.45, 2.75) is 45.3 Å². The first-order chi connectivity index (χ1) is 9.25. The zero-order valence-corrected chi connectivity index (χ0v) is 13.1. The Balaban J connectivity index is 2.45. The summed E-state index contributed by atoms with van der Waals surface area (Å²) in [6.45, 7) is 7.78. The van der Waals surface area contributed by atoms with Gasteiger partial charge >= 0.3 is 0 Å². The topological polar surface area (TPSA) is 75.4 Å². The van der Waals surface area contributed by atoms with Crippen molar-refractivity contribution in [1.29, 1.82) is 0 Å². The molecule has 1 saturated heterocycles. The van der Waals surface area contributed by atoms with Gasteiger partial charge < -0.3 is 5.73 Å². The molecule has 3 N–H and O–H groups in total. The van der Waals surface area contributed by atoms with Crippen LogP contribution in [0, 0.1) is 6.92 Å². The van der Waals surface area contributed by atoms with E-state index in [9.17, 15) is 9.59 Å². The van der Waals surface area contributed by atoms with Gasteiger partial charge in [-0.05, 0) is 44.7 Å². The molecule has 2 rings (SSSR count). The van der Waals surface area contributed by atoms with Crippen LogP contribution in [-0.4, -0.2) is 34.8 Å². The van der Waals surface area contributed by atoms with Crippen molar-refractivity contribution in [2.75, 3.05) is 6.54 Å². The first-order valence-electron chi connectivity index (χ1n) is 6.65. The highest BCUT2D eigenvalue weighted by Crippen LogP contribution is 2.36. The number of amides is 2. The quantitative estimate of drug-likeness (QED) is 0.821. The highest BCUT2D eigenvalue weighted by molar-refractivity contribution is 7.10. The monoisotopic (exact) mass is 295 g/mol. The second-order valence-electron chi connectivity index (χ2n) is 5.84. The van der Waals surface area contributed by atoms with Crippen LogP contribution in [-0.2, 0) is 9.59 Å². The van der Waals surface area contributed by atoms with Crippen molar-refractivity contribution in [3.8, 4) is 0 Å². The Morgan fingerprint density at radius 3 is 2.60 bits per heavy atom. The van der Waals surface area contributed by atoms with Gasteiger partial charge in [0.1, 0.15) is 0 Å². The van der Waals surface area contributed by atoms with Crippen LogP contribution in [0.2, 0.25) is 0 Å². The Morgan fingerprint density at radius 1 is 1.45 bits per heavy atom. The molecule has 0 aromatic carbocycles. The second-order valence-corrected chi connectivity index (χ2v) is 6.78. The molecule has 20 heavy (non-hydrogen) atoms. The molecule has 0 bridgehead atoms. The SMILES string of the molecule is Cc1ccsc1C(C(C)N)N1CC(=O)NC(=O)C1(C)C. The summed E-state index contributed by atoms with van der Waals surface area (Å²) in [5.41, 5.74) is 6.55. The Hall–Kier alpha value is -1.24. The Bertz CT molecular complexity index is 536. The van der Waals surface area contributed by atoms with Crippen molar-refractivity contribution in [3.05, 3.63) is 21.9 Å². The second kappa shape index (κ2) is 5.27. The Morgan fingerprint density at radius 2 is 2.10 bits per heavy atom. The normalized spacial score (nSPS) is 22.4. The number of nitrogens with one attached hydrogen (secondary N) is 1. The van der Waals surface area contributed by atoms with Crippen LogP contribution < -0.4 is 11.1 Å². The van der Waals surface area contributed by atoms with E-state index < -0.39 is 5.54 Å². The molecule has 1 aliphatic rings. The number of thiophene rings is 1. The lowest BCUT2D eigenvalue weighted by Crippen LogP contribution is -2.66. The zero-order chi connectivity index (χ0) is 15.1. The van der Waals surface area contributed by atoms with Gasteiger partial charge in [-0.3, -0.25) is 19.8 Å². The van der Waals surface area contributed by atoms with E-state index in [1.165, 1.54) is 0 Å². The lowest BCUT2D eigenvalue weighted by atomic mass is 9.92. The Labute approximate surface area is 123 Å². The van der Waals surface area contributed by atoms with Crippen molar-refractivity contribution >= 4 is 23.2 Å². The van der Waals surface area contributed by atoms with Crippen molar-refractivity contribution in [1.82, 2.24) is 10.2 Å². The largest absolute Gasteiger partial charge is 0.326 e. The number of carbonyl (C=O) groups is 2. The number of rotatable bonds is 3. The summed E-state index contributed by atoms with van der Waals surface area (Å²) < 4.78 is 0. The van der Waals surface area contributed by atoms with Gasteiger partial charge in [-0.1, -0.05) is 0 Å². The number of piperazine rings is 1. The van der Waals surface area contributed by atoms with Crippen molar-refractivity contribution in [2.24, 2.45) is 5.73 Å². The van der Waals surface area contributed by atoms with Gasteiger partial charge in [0.2, 0.25) is 11.8 Å². The van der Waals surface area contributed by atoms with Gasteiger partial charge in [0.05, 0.1) is 18.1 Å². The summed E-state index contributed by atoms with van der Waals surface area (Å²) in [6.07, 6.45) is 0. The van der Waals surface area contributed by atoms with Crippen LogP contribution in [0.15, 0.2) is 11.4 Å². The highest BCUT2D eigenvalue weighted by Gasteiger charge is 2.46. The first kappa shape index (κ1) is 15.2. The van der Waals surface area contributed by atoms with E-state index in [4.69, 9.17) is 5.73 Å². The molecule has 6 heteroatoms. The van der Waals surface area contributed by atoms with Crippen LogP contribution >= 0.6 is 11.3 Å². The fourth-order valence-corrected chi connectivity index (χ4v) is 3.75. The summed E-state index contributed by atoms with van der Waals surface area (Å²) in [7, 11) is 0. The van der Waals surface area contributed by atoms with E-state index in [1.54, 1.807) is 11.3 Å². The maximum absolute atomic E-state index is 12.1. The lowest BCUT2D eigenvalue weighted by Gasteiger charge is -2.46. The van der Waals surface area contributed by atoms with Gasteiger partial charge in [-0.2, -0.15) is 0 Å². The van der Waals surface area contributed by atoms with E-state index in [2.05, 4.69) is 5.32 Å². The molecule has 0 aliphatic carbocycles. The molecular weight excluding hydrogens is 274 g/mol. The number of imide groups is 1. The van der Waals surface area contributed by atoms with Gasteiger partial charge in [-0.25, -0.2) is 0 Å². The number of hydrogen-bond acceptors (Lipinski definition) is 5. The molecule has 5 nitrogen and oxygen atoms in total. The van der Waals surface area contributed by atoms with Crippen molar-refractivity contribution in [3.63, 3.8) is 0 Å². The lowest BCUT2D eigenvalue weighted by molar-refractivity contribution is -0.147. The van der Waals surface area contributed by atoms with E-state index in [0.717, 1.165) is 10.4 Å². The van der Waals surface area contributed by atoms with Crippen LogP contribution in [0.1, 0.15) is 37.3 Å². The van der Waals surface area contributed by atoms with Gasteiger partial charge in [-0.15, -0.1) is 11.3 Å². The zero-order valence-electron chi connectivity index (χ0n) is 12.3. The Kier molecular flexibility index (Phi) is 4.00. The highest BCUT2D eigenvalue weighted by atomic mass is 32.1. The van der Waals surface area contributed by atoms with Crippen LogP contribution in [0.4, 0.5) is 0 Å². The third-order valence-corrected chi connectivity index (χ3v) is 4.93. The minimum Gasteiger partial charge on any atom is -0.326 e. The molecule has 2 amide bonds. The fraction of sp³-hybridized carbons (Fsp3) is 0.571. The molecule has 0 saturated carbocycles. The maximum Gasteiger partial charge on any atom is 0.246 e. The molecule has 1 fully saturated rings. The van der Waals surface area contributed by atoms with Crippen LogP contribution in [0.25, 0.3) is 0 Å². The summed E-state index contributed by atoms with van der Waals surface area (Å²) in [6, 6.07) is 1.72. The van der Waals surface area contributed by atoms with Gasteiger partial charge in [0, 0.05) is 10.9 Å². The third kappa shape index (κ3) is 2.51. The molecule has 2 heterocycles. The minimum absolute atomic E-state index is 0.139. The van der Waals surface area contributed by atoms with E-state index in [-0.39, 0.29) is 30.4 Å². The molecule has 2 atom stereocenters. The average molecular weight is 295 g/mol. The summed E-state index contributed by atoms with van der Waals surface area (Å²) in [5, 5.41) is 4.41. The van der Waals surface area contributed by atoms with Crippen LogP contribution in [0.3, 0.4) is 0 Å². The first-order valence-corrected chi connectivity index (χ1v) is 7.53. The van der Waals surface area contributed by atoms with Gasteiger partial charge in [0.15, 0.2) is 0 Å². The number of nitrogens with two attached hydrogens (primary N) is 1. The molecule has 2 unspecified atom stereocenters. The van der Waals surface area contributed by atoms with E-state index >= 15 is 0 Å². The predicted octanol–water partition coefficient (Wildman–Crippen LogP) is 1.18. The van der Waals surface area contributed by atoms with Crippen molar-refractivity contribution < 1.29 is 9.59 Å². The molecule has 0 radical (unpaired) electrons. The summed E-state index contributed by atoms with van der Waals surface area (Å²) >= 11 is 1.62. The number of carbonyl (C=O) groups excluding carboxylic acids is 2. The molecule has 0 spiro atoms. The molecule has 1 aliphatic heterocycles. The summed E-state index contributed by atoms with van der Waals surface area (Å²) in [4.78, 5) is 26.9. The smallest absolute Gasteiger partial charge is 0.246 e. The minimum atomic E-state index is -0.761. The summed E-state index contributed by atoms with van der Waals surface area (Å²) in [5.74, 6) is -0.539.